The first-order chi connectivity index (χ1) is 25.2. The molecule has 2 aromatic heterocycles. The summed E-state index contributed by atoms with van der Waals surface area (Å²) >= 11 is 0. The maximum Gasteiger partial charge on any atom is 0.164 e. The molecule has 4 aromatic carbocycles. The normalized spacial score (nSPS) is 21.3. The number of nitrogens with zero attached hydrogens (tertiary/aromatic N) is 4. The molecular formula is C48H44N4. The molecule has 52 heavy (non-hydrogen) atoms. The Morgan fingerprint density at radius 2 is 1.29 bits per heavy atom. The van der Waals surface area contributed by atoms with Gasteiger partial charge in [-0.3, -0.25) is 4.98 Å². The van der Waals surface area contributed by atoms with Crippen LogP contribution in [0.2, 0.25) is 0 Å². The molecule has 4 nitrogen and oxygen atoms in total. The lowest BCUT2D eigenvalue weighted by Gasteiger charge is -2.51. The molecule has 3 atom stereocenters. The Bertz CT molecular complexity index is 2400. The van der Waals surface area contributed by atoms with Crippen molar-refractivity contribution in [3.05, 3.63) is 156 Å². The van der Waals surface area contributed by atoms with E-state index in [1.165, 1.54) is 35.1 Å². The average molecular weight is 677 g/mol. The standard InChI is InChI=1S/C48H44N4/c1-47(2)25-26-48(3,4)42-30-36(21-24-41(42)47)38-22-23-40(39-16-11-27-49-43(38)39)46-51-44(32-14-9-6-10-15-32)50-45(52-46)37-20-19-34-28-33(17-18-35(34)29-37)31-12-7-5-8-13-31/h5-24,27,29-30,33,41-42H,25-26,28H2,1-4H3. The van der Waals surface area contributed by atoms with Crippen LogP contribution in [-0.2, 0) is 6.42 Å². The van der Waals surface area contributed by atoms with Gasteiger partial charge in [-0.05, 0) is 82.4 Å². The van der Waals surface area contributed by atoms with Gasteiger partial charge < -0.3 is 0 Å². The van der Waals surface area contributed by atoms with Crippen LogP contribution >= 0.6 is 0 Å². The van der Waals surface area contributed by atoms with Gasteiger partial charge in [0.2, 0.25) is 0 Å². The molecule has 0 radical (unpaired) electrons. The Morgan fingerprint density at radius 3 is 2.08 bits per heavy atom. The van der Waals surface area contributed by atoms with E-state index in [1.807, 2.05) is 30.5 Å². The van der Waals surface area contributed by atoms with Crippen molar-refractivity contribution in [1.82, 2.24) is 19.9 Å². The molecule has 0 amide bonds. The van der Waals surface area contributed by atoms with Crippen LogP contribution in [0.3, 0.4) is 0 Å². The van der Waals surface area contributed by atoms with Crippen molar-refractivity contribution in [3.63, 3.8) is 0 Å². The van der Waals surface area contributed by atoms with Crippen LogP contribution < -0.4 is 0 Å². The minimum absolute atomic E-state index is 0.241. The highest BCUT2D eigenvalue weighted by molar-refractivity contribution is 6.01. The minimum Gasteiger partial charge on any atom is -0.256 e. The second kappa shape index (κ2) is 12.6. The summed E-state index contributed by atoms with van der Waals surface area (Å²) in [4.78, 5) is 20.4. The summed E-state index contributed by atoms with van der Waals surface area (Å²) in [5.74, 6) is 3.35. The minimum atomic E-state index is 0.241. The van der Waals surface area contributed by atoms with Gasteiger partial charge in [-0.1, -0.05) is 143 Å². The van der Waals surface area contributed by atoms with Gasteiger partial charge in [-0.25, -0.2) is 15.0 Å². The molecule has 2 heterocycles. The van der Waals surface area contributed by atoms with Gasteiger partial charge >= 0.3 is 0 Å². The second-order valence-corrected chi connectivity index (χ2v) is 16.2. The molecule has 0 N–H and O–H groups in total. The van der Waals surface area contributed by atoms with E-state index in [1.54, 1.807) is 0 Å². The third kappa shape index (κ3) is 5.81. The summed E-state index contributed by atoms with van der Waals surface area (Å²) in [5, 5.41) is 1.04. The van der Waals surface area contributed by atoms with E-state index >= 15 is 0 Å². The molecule has 256 valence electrons. The summed E-state index contributed by atoms with van der Waals surface area (Å²) < 4.78 is 0. The monoisotopic (exact) mass is 676 g/mol. The third-order valence-electron chi connectivity index (χ3n) is 12.0. The van der Waals surface area contributed by atoms with Crippen LogP contribution in [0.5, 0.6) is 0 Å². The molecule has 6 aromatic rings. The van der Waals surface area contributed by atoms with Crippen molar-refractivity contribution >= 4 is 22.6 Å². The summed E-state index contributed by atoms with van der Waals surface area (Å²) in [6.45, 7) is 9.75. The first-order valence-electron chi connectivity index (χ1n) is 18.7. The Hall–Kier alpha value is -5.48. The van der Waals surface area contributed by atoms with Crippen LogP contribution in [0.25, 0.3) is 56.7 Å². The van der Waals surface area contributed by atoms with E-state index < -0.39 is 0 Å². The number of hydrogen-bond donors (Lipinski definition) is 0. The molecule has 1 fully saturated rings. The number of benzene rings is 4. The third-order valence-corrected chi connectivity index (χ3v) is 12.0. The molecule has 0 saturated heterocycles. The van der Waals surface area contributed by atoms with Crippen LogP contribution in [0.1, 0.15) is 68.7 Å². The number of hydrogen-bond acceptors (Lipinski definition) is 4. The number of pyridine rings is 1. The van der Waals surface area contributed by atoms with Crippen LogP contribution in [0.15, 0.2) is 134 Å². The fourth-order valence-corrected chi connectivity index (χ4v) is 8.77. The fourth-order valence-electron chi connectivity index (χ4n) is 8.77. The lowest BCUT2D eigenvalue weighted by atomic mass is 9.53. The molecule has 1 saturated carbocycles. The van der Waals surface area contributed by atoms with Crippen LogP contribution in [0, 0.1) is 22.7 Å². The molecule has 0 aliphatic heterocycles. The second-order valence-electron chi connectivity index (χ2n) is 16.2. The maximum absolute atomic E-state index is 5.19. The SMILES string of the molecule is CC1(C)CCC(C)(C)C2C=C(c3ccc(-c4nc(-c5ccccc5)nc(-c5ccc6c(c5)C=CC(c5ccccc5)C6)n4)c4cccnc34)C=CC21. The molecular weight excluding hydrogens is 633 g/mol. The Morgan fingerprint density at radius 1 is 0.596 bits per heavy atom. The summed E-state index contributed by atoms with van der Waals surface area (Å²) in [6, 6.07) is 36.2. The summed E-state index contributed by atoms with van der Waals surface area (Å²) in [5.41, 5.74) is 10.7. The van der Waals surface area contributed by atoms with Crippen LogP contribution in [-0.4, -0.2) is 19.9 Å². The number of allylic oxidation sites excluding steroid dienone is 5. The van der Waals surface area contributed by atoms with Crippen molar-refractivity contribution in [1.29, 1.82) is 0 Å². The van der Waals surface area contributed by atoms with Crippen LogP contribution in [0.4, 0.5) is 0 Å². The maximum atomic E-state index is 5.19. The summed E-state index contributed by atoms with van der Waals surface area (Å²) in [7, 11) is 0. The Balaban J connectivity index is 1.14. The van der Waals surface area contributed by atoms with E-state index in [9.17, 15) is 0 Å². The largest absolute Gasteiger partial charge is 0.256 e. The topological polar surface area (TPSA) is 51.6 Å². The lowest BCUT2D eigenvalue weighted by molar-refractivity contribution is 0.0337. The molecule has 3 aliphatic carbocycles. The molecule has 0 bridgehead atoms. The predicted octanol–water partition coefficient (Wildman–Crippen LogP) is 11.8. The van der Waals surface area contributed by atoms with E-state index in [-0.39, 0.29) is 10.8 Å². The van der Waals surface area contributed by atoms with Gasteiger partial charge in [0.15, 0.2) is 17.5 Å². The molecule has 0 spiro atoms. The lowest BCUT2D eigenvalue weighted by Crippen LogP contribution is -2.43. The van der Waals surface area contributed by atoms with Gasteiger partial charge in [0, 0.05) is 39.8 Å². The van der Waals surface area contributed by atoms with Gasteiger partial charge in [0.1, 0.15) is 0 Å². The highest BCUT2D eigenvalue weighted by Gasteiger charge is 2.46. The first-order valence-corrected chi connectivity index (χ1v) is 18.7. The fraction of sp³-hybridized carbons (Fsp3) is 0.250. The molecule has 3 aliphatic rings. The zero-order valence-corrected chi connectivity index (χ0v) is 30.4. The number of aromatic nitrogens is 4. The van der Waals surface area contributed by atoms with Gasteiger partial charge in [0.05, 0.1) is 5.52 Å². The van der Waals surface area contributed by atoms with Crippen molar-refractivity contribution in [3.8, 4) is 34.2 Å². The highest BCUT2D eigenvalue weighted by atomic mass is 15.0. The molecule has 4 heteroatoms. The predicted molar refractivity (Wildman–Crippen MR) is 214 cm³/mol. The highest BCUT2D eigenvalue weighted by Crippen LogP contribution is 2.56. The molecule has 3 unspecified atom stereocenters. The summed E-state index contributed by atoms with van der Waals surface area (Å²) in [6.07, 6.45) is 17.3. The van der Waals surface area contributed by atoms with E-state index in [0.717, 1.165) is 39.6 Å². The molecule has 9 rings (SSSR count). The first kappa shape index (κ1) is 32.4. The number of fused-ring (bicyclic) bond motifs is 3. The van der Waals surface area contributed by atoms with Crippen molar-refractivity contribution in [2.24, 2.45) is 22.7 Å². The smallest absolute Gasteiger partial charge is 0.164 e. The van der Waals surface area contributed by atoms with E-state index in [2.05, 4.69) is 137 Å². The quantitative estimate of drug-likeness (QED) is 0.182. The van der Waals surface area contributed by atoms with E-state index in [4.69, 9.17) is 19.9 Å². The zero-order valence-electron chi connectivity index (χ0n) is 30.4. The van der Waals surface area contributed by atoms with Crippen molar-refractivity contribution in [2.45, 2.75) is 52.9 Å². The Kier molecular flexibility index (Phi) is 7.88. The average Bonchev–Trinajstić information content (AvgIpc) is 3.19. The number of rotatable bonds is 5. The zero-order chi connectivity index (χ0) is 35.5. The van der Waals surface area contributed by atoms with Crippen molar-refractivity contribution < 1.29 is 0 Å². The van der Waals surface area contributed by atoms with Gasteiger partial charge in [-0.15, -0.1) is 0 Å². The van der Waals surface area contributed by atoms with Crippen molar-refractivity contribution in [2.75, 3.05) is 0 Å². The van der Waals surface area contributed by atoms with Gasteiger partial charge in [0.25, 0.3) is 0 Å². The van der Waals surface area contributed by atoms with Gasteiger partial charge in [-0.2, -0.15) is 0 Å². The van der Waals surface area contributed by atoms with E-state index in [0.29, 0.717) is 35.2 Å². The Labute approximate surface area is 307 Å².